The van der Waals surface area contributed by atoms with Crippen molar-refractivity contribution in [1.82, 2.24) is 25.1 Å². The molecule has 2 N–H and O–H groups in total. The van der Waals surface area contributed by atoms with E-state index in [0.717, 1.165) is 48.6 Å². The number of rotatable bonds is 8. The van der Waals surface area contributed by atoms with Crippen molar-refractivity contribution in [2.24, 2.45) is 7.05 Å². The number of hydrogen-bond donors (Lipinski definition) is 2. The highest BCUT2D eigenvalue weighted by molar-refractivity contribution is 7.92. The number of anilines is 2. The molecule has 0 spiro atoms. The van der Waals surface area contributed by atoms with Gasteiger partial charge in [-0.25, -0.2) is 18.1 Å². The molecule has 0 bridgehead atoms. The van der Waals surface area contributed by atoms with E-state index in [-0.39, 0.29) is 10.8 Å². The topological polar surface area (TPSA) is 114 Å². The summed E-state index contributed by atoms with van der Waals surface area (Å²) in [5.74, 6) is 0.838. The molecule has 0 atom stereocenters. The normalized spacial score (nSPS) is 13.9. The van der Waals surface area contributed by atoms with Crippen LogP contribution in [0.25, 0.3) is 11.3 Å². The number of nitrogens with one attached hydrogen (secondary N) is 2. The largest absolute Gasteiger partial charge is 0.439 e. The number of aryl methyl sites for hydroxylation is 2. The van der Waals surface area contributed by atoms with Crippen LogP contribution in [0.5, 0.6) is 11.6 Å². The molecule has 10 nitrogen and oxygen atoms in total. The van der Waals surface area contributed by atoms with Gasteiger partial charge in [-0.05, 0) is 43.2 Å². The van der Waals surface area contributed by atoms with Crippen molar-refractivity contribution in [2.45, 2.75) is 25.2 Å². The smallest absolute Gasteiger partial charge is 0.267 e. The van der Waals surface area contributed by atoms with Gasteiger partial charge in [-0.15, -0.1) is 0 Å². The fourth-order valence-electron chi connectivity index (χ4n) is 4.45. The third kappa shape index (κ3) is 5.48. The third-order valence-electron chi connectivity index (χ3n) is 6.47. The van der Waals surface area contributed by atoms with E-state index in [2.05, 4.69) is 30.0 Å². The Morgan fingerprint density at radius 2 is 1.79 bits per heavy atom. The first-order valence-electron chi connectivity index (χ1n) is 12.6. The Hall–Kier alpha value is -3.96. The third-order valence-corrected chi connectivity index (χ3v) is 7.76. The Balaban J connectivity index is 1.53. The van der Waals surface area contributed by atoms with Crippen LogP contribution in [-0.4, -0.2) is 54.3 Å². The summed E-state index contributed by atoms with van der Waals surface area (Å²) >= 11 is 0. The van der Waals surface area contributed by atoms with Gasteiger partial charge in [0.15, 0.2) is 0 Å². The summed E-state index contributed by atoms with van der Waals surface area (Å²) in [6.07, 6.45) is 3.29. The van der Waals surface area contributed by atoms with Crippen molar-refractivity contribution in [3.05, 3.63) is 72.1 Å². The molecule has 11 heteroatoms. The van der Waals surface area contributed by atoms with Crippen molar-refractivity contribution in [1.29, 1.82) is 0 Å². The van der Waals surface area contributed by atoms with Crippen molar-refractivity contribution in [3.63, 3.8) is 0 Å². The number of sulfonamides is 1. The number of aromatic nitrogens is 4. The first kappa shape index (κ1) is 25.7. The summed E-state index contributed by atoms with van der Waals surface area (Å²) < 4.78 is 36.3. The predicted octanol–water partition coefficient (Wildman–Crippen LogP) is 3.75. The molecule has 1 saturated heterocycles. The minimum atomic E-state index is -3.95. The molecule has 0 amide bonds. The van der Waals surface area contributed by atoms with Gasteiger partial charge in [0.25, 0.3) is 10.0 Å². The van der Waals surface area contributed by atoms with Gasteiger partial charge in [0.05, 0.1) is 11.9 Å². The monoisotopic (exact) mass is 533 g/mol. The van der Waals surface area contributed by atoms with Crippen LogP contribution in [0.4, 0.5) is 11.6 Å². The zero-order chi connectivity index (χ0) is 26.7. The first-order chi connectivity index (χ1) is 18.3. The minimum Gasteiger partial charge on any atom is -0.439 e. The second kappa shape index (κ2) is 10.8. The van der Waals surface area contributed by atoms with Crippen LogP contribution in [0.2, 0.25) is 0 Å². The zero-order valence-corrected chi connectivity index (χ0v) is 22.5. The van der Waals surface area contributed by atoms with Gasteiger partial charge in [-0.2, -0.15) is 10.1 Å². The molecule has 0 radical (unpaired) electrons. The van der Waals surface area contributed by atoms with Gasteiger partial charge in [0, 0.05) is 56.2 Å². The van der Waals surface area contributed by atoms with E-state index in [1.165, 1.54) is 17.1 Å². The van der Waals surface area contributed by atoms with Crippen molar-refractivity contribution >= 4 is 21.7 Å². The van der Waals surface area contributed by atoms with Gasteiger partial charge >= 0.3 is 0 Å². The molecule has 0 unspecified atom stereocenters. The van der Waals surface area contributed by atoms with Crippen molar-refractivity contribution < 1.29 is 13.2 Å². The minimum absolute atomic E-state index is 0.0200. The maximum Gasteiger partial charge on any atom is 0.267 e. The van der Waals surface area contributed by atoms with E-state index in [9.17, 15) is 8.42 Å². The second-order valence-electron chi connectivity index (χ2n) is 9.14. The molecule has 5 rings (SSSR count). The molecule has 1 fully saturated rings. The average Bonchev–Trinajstić information content (AvgIpc) is 3.37. The van der Waals surface area contributed by atoms with Gasteiger partial charge in [0.1, 0.15) is 10.6 Å². The van der Waals surface area contributed by atoms with Crippen LogP contribution in [-0.2, 0) is 23.5 Å². The quantitative estimate of drug-likeness (QED) is 0.352. The predicted molar refractivity (Wildman–Crippen MR) is 147 cm³/mol. The van der Waals surface area contributed by atoms with Crippen LogP contribution in [0.3, 0.4) is 0 Å². The highest BCUT2D eigenvalue weighted by Gasteiger charge is 2.23. The standard InChI is InChI=1S/C27H31N7O3S/c1-4-23-25(24-8-6-5-7-19(24)2)30-27(32-38(35,36)22-17-29-33(3)18-22)31-26(23)37-21-11-9-20(10-12-21)34-15-13-28-14-16-34/h5-12,17-18,28H,4,13-16H2,1-3H3,(H,30,31,32). The van der Waals surface area contributed by atoms with Gasteiger partial charge in [-0.3, -0.25) is 4.68 Å². The Morgan fingerprint density at radius 1 is 1.05 bits per heavy atom. The summed E-state index contributed by atoms with van der Waals surface area (Å²) in [4.78, 5) is 11.5. The highest BCUT2D eigenvalue weighted by Crippen LogP contribution is 2.35. The Labute approximate surface area is 222 Å². The lowest BCUT2D eigenvalue weighted by Crippen LogP contribution is -2.43. The highest BCUT2D eigenvalue weighted by atomic mass is 32.2. The number of benzene rings is 2. The van der Waals surface area contributed by atoms with Crippen LogP contribution in [0.15, 0.2) is 65.8 Å². The lowest BCUT2D eigenvalue weighted by atomic mass is 10.0. The van der Waals surface area contributed by atoms with E-state index >= 15 is 0 Å². The molecule has 198 valence electrons. The van der Waals surface area contributed by atoms with Crippen LogP contribution in [0, 0.1) is 6.92 Å². The van der Waals surface area contributed by atoms with Crippen LogP contribution >= 0.6 is 0 Å². The average molecular weight is 534 g/mol. The molecule has 1 aliphatic heterocycles. The van der Waals surface area contributed by atoms with Crippen molar-refractivity contribution in [3.8, 4) is 22.9 Å². The van der Waals surface area contributed by atoms with Gasteiger partial charge in [-0.1, -0.05) is 31.2 Å². The van der Waals surface area contributed by atoms with E-state index in [1.54, 1.807) is 7.05 Å². The number of piperazine rings is 1. The number of hydrogen-bond acceptors (Lipinski definition) is 8. The summed E-state index contributed by atoms with van der Waals surface area (Å²) in [6, 6.07) is 15.7. The molecule has 0 aliphatic carbocycles. The second-order valence-corrected chi connectivity index (χ2v) is 10.8. The van der Waals surface area contributed by atoms with E-state index in [0.29, 0.717) is 23.7 Å². The Bertz CT molecular complexity index is 1530. The maximum absolute atomic E-state index is 13.0. The zero-order valence-electron chi connectivity index (χ0n) is 21.7. The fourth-order valence-corrected chi connectivity index (χ4v) is 5.38. The molecule has 1 aliphatic rings. The molecule has 3 heterocycles. The van der Waals surface area contributed by atoms with Crippen molar-refractivity contribution in [2.75, 3.05) is 35.8 Å². The Morgan fingerprint density at radius 3 is 2.45 bits per heavy atom. The van der Waals surface area contributed by atoms with Crippen LogP contribution in [0.1, 0.15) is 18.1 Å². The number of nitrogens with zero attached hydrogens (tertiary/aromatic N) is 5. The molecule has 2 aromatic carbocycles. The van der Waals surface area contributed by atoms with E-state index in [4.69, 9.17) is 4.74 Å². The molecular formula is C27H31N7O3S. The van der Waals surface area contributed by atoms with E-state index in [1.807, 2.05) is 62.4 Å². The summed E-state index contributed by atoms with van der Waals surface area (Å²) in [5.41, 5.74) is 4.43. The molecule has 2 aromatic heterocycles. The molecule has 38 heavy (non-hydrogen) atoms. The van der Waals surface area contributed by atoms with E-state index < -0.39 is 10.0 Å². The lowest BCUT2D eigenvalue weighted by Gasteiger charge is -2.29. The lowest BCUT2D eigenvalue weighted by molar-refractivity contribution is 0.456. The van der Waals surface area contributed by atoms with Gasteiger partial charge in [0.2, 0.25) is 11.8 Å². The Kier molecular flexibility index (Phi) is 7.30. The maximum atomic E-state index is 13.0. The summed E-state index contributed by atoms with van der Waals surface area (Å²) in [6.45, 7) is 7.81. The fraction of sp³-hybridized carbons (Fsp3) is 0.296. The molecule has 4 aromatic rings. The van der Waals surface area contributed by atoms with Crippen LogP contribution < -0.4 is 19.7 Å². The molecular weight excluding hydrogens is 502 g/mol. The summed E-state index contributed by atoms with van der Waals surface area (Å²) in [7, 11) is -2.30. The summed E-state index contributed by atoms with van der Waals surface area (Å²) in [5, 5.41) is 7.33. The SMILES string of the molecule is CCc1c(Oc2ccc(N3CCNCC3)cc2)nc(NS(=O)(=O)c2cnn(C)c2)nc1-c1ccccc1C. The van der Waals surface area contributed by atoms with Gasteiger partial charge < -0.3 is 15.0 Å². The molecule has 0 saturated carbocycles. The number of ether oxygens (including phenoxy) is 1. The first-order valence-corrected chi connectivity index (χ1v) is 14.0.